The van der Waals surface area contributed by atoms with Gasteiger partial charge in [-0.3, -0.25) is 4.79 Å². The molecule has 0 bridgehead atoms. The van der Waals surface area contributed by atoms with E-state index in [1.165, 1.54) is 12.1 Å². The van der Waals surface area contributed by atoms with E-state index in [9.17, 15) is 14.7 Å². The minimum Gasteiger partial charge on any atom is -0.506 e. The Morgan fingerprint density at radius 3 is 2.48 bits per heavy atom. The lowest BCUT2D eigenvalue weighted by Crippen LogP contribution is -2.39. The number of esters is 1. The van der Waals surface area contributed by atoms with Crippen molar-refractivity contribution in [3.8, 4) is 11.5 Å². The largest absolute Gasteiger partial charge is 0.506 e. The lowest BCUT2D eigenvalue weighted by molar-refractivity contribution is 0.0729. The quantitative estimate of drug-likeness (QED) is 0.364. The highest BCUT2D eigenvalue weighted by atomic mass is 16.5. The van der Waals surface area contributed by atoms with E-state index >= 15 is 0 Å². The smallest absolute Gasteiger partial charge is 0.360 e. The maximum Gasteiger partial charge on any atom is 0.360 e. The fourth-order valence-corrected chi connectivity index (χ4v) is 2.65. The Morgan fingerprint density at radius 2 is 1.81 bits per heavy atom. The van der Waals surface area contributed by atoms with Crippen molar-refractivity contribution in [2.75, 3.05) is 6.54 Å². The number of phenolic OH excluding ortho intramolecular Hbond substituents is 1. The van der Waals surface area contributed by atoms with Gasteiger partial charge in [0, 0.05) is 16.5 Å². The molecule has 0 spiro atoms. The number of H-pyrrole nitrogens is 1. The Hall–Kier alpha value is -3.12. The van der Waals surface area contributed by atoms with Crippen molar-refractivity contribution in [2.45, 2.75) is 26.3 Å². The van der Waals surface area contributed by atoms with Gasteiger partial charge in [0.1, 0.15) is 17.2 Å². The summed E-state index contributed by atoms with van der Waals surface area (Å²) in [6.45, 7) is 6.07. The molecule has 3 aromatic rings. The summed E-state index contributed by atoms with van der Waals surface area (Å²) < 4.78 is 5.31. The first kappa shape index (κ1) is 18.7. The molecule has 0 amide bonds. The maximum atomic E-state index is 12.6. The molecule has 0 aliphatic heterocycles. The number of ketones is 1. The van der Waals surface area contributed by atoms with Crippen molar-refractivity contribution in [3.63, 3.8) is 0 Å². The first-order valence-electron chi connectivity index (χ1n) is 8.65. The number of carbonyl (C=O) groups excluding carboxylic acids is 2. The highest BCUT2D eigenvalue weighted by molar-refractivity contribution is 6.11. The molecular weight excluding hydrogens is 344 g/mol. The zero-order chi connectivity index (χ0) is 19.6. The Balaban J connectivity index is 1.91. The van der Waals surface area contributed by atoms with E-state index in [0.29, 0.717) is 22.2 Å². The van der Waals surface area contributed by atoms with Crippen molar-refractivity contribution < 1.29 is 19.4 Å². The lowest BCUT2D eigenvalue weighted by atomic mass is 10.0. The van der Waals surface area contributed by atoms with E-state index in [2.05, 4.69) is 10.3 Å². The summed E-state index contributed by atoms with van der Waals surface area (Å²) in [5.74, 6) is -0.347. The standard InChI is InChI=1S/C21H22N2O4/c1-21(2,3)22-12-18(25)14-9-10-17(24)19-15(14)11-16(23-19)20(26)27-13-7-5-4-6-8-13/h4-11,22-24H,12H2,1-3H3. The van der Waals surface area contributed by atoms with Gasteiger partial charge in [-0.2, -0.15) is 0 Å². The Kier molecular flexibility index (Phi) is 5.01. The van der Waals surface area contributed by atoms with Gasteiger partial charge in [-0.1, -0.05) is 18.2 Å². The van der Waals surface area contributed by atoms with Gasteiger partial charge in [-0.25, -0.2) is 4.79 Å². The highest BCUT2D eigenvalue weighted by Gasteiger charge is 2.20. The number of fused-ring (bicyclic) bond motifs is 1. The third kappa shape index (κ3) is 4.35. The fourth-order valence-electron chi connectivity index (χ4n) is 2.65. The van der Waals surface area contributed by atoms with Crippen LogP contribution in [0.4, 0.5) is 0 Å². The third-order valence-corrected chi connectivity index (χ3v) is 4.03. The predicted octanol–water partition coefficient (Wildman–Crippen LogP) is 3.66. The van der Waals surface area contributed by atoms with E-state index in [4.69, 9.17) is 4.74 Å². The molecule has 0 saturated heterocycles. The summed E-state index contributed by atoms with van der Waals surface area (Å²) in [5, 5.41) is 13.7. The van der Waals surface area contributed by atoms with Crippen LogP contribution in [0.5, 0.6) is 11.5 Å². The minimum atomic E-state index is -0.594. The van der Waals surface area contributed by atoms with Gasteiger partial charge in [-0.05, 0) is 51.1 Å². The van der Waals surface area contributed by atoms with Gasteiger partial charge in [0.05, 0.1) is 12.1 Å². The molecule has 0 aliphatic rings. The first-order chi connectivity index (χ1) is 12.7. The Labute approximate surface area is 157 Å². The number of para-hydroxylation sites is 1. The average molecular weight is 366 g/mol. The summed E-state index contributed by atoms with van der Waals surface area (Å²) >= 11 is 0. The van der Waals surface area contributed by atoms with Crippen LogP contribution in [0.15, 0.2) is 48.5 Å². The molecule has 140 valence electrons. The second-order valence-corrected chi connectivity index (χ2v) is 7.33. The van der Waals surface area contributed by atoms with Gasteiger partial charge in [0.15, 0.2) is 5.78 Å². The monoisotopic (exact) mass is 366 g/mol. The topological polar surface area (TPSA) is 91.4 Å². The van der Waals surface area contributed by atoms with Gasteiger partial charge >= 0.3 is 5.97 Å². The molecule has 0 radical (unpaired) electrons. The number of hydrogen-bond acceptors (Lipinski definition) is 5. The molecule has 0 aliphatic carbocycles. The van der Waals surface area contributed by atoms with Crippen LogP contribution >= 0.6 is 0 Å². The van der Waals surface area contributed by atoms with Crippen molar-refractivity contribution in [2.24, 2.45) is 0 Å². The van der Waals surface area contributed by atoms with Crippen LogP contribution in [0.25, 0.3) is 10.9 Å². The zero-order valence-corrected chi connectivity index (χ0v) is 15.5. The summed E-state index contributed by atoms with van der Waals surface area (Å²) in [6.07, 6.45) is 0. The van der Waals surface area contributed by atoms with Gasteiger partial charge in [-0.15, -0.1) is 0 Å². The van der Waals surface area contributed by atoms with Crippen molar-refractivity contribution in [3.05, 3.63) is 59.8 Å². The highest BCUT2D eigenvalue weighted by Crippen LogP contribution is 2.29. The molecule has 1 heterocycles. The number of nitrogens with one attached hydrogen (secondary N) is 2. The van der Waals surface area contributed by atoms with Gasteiger partial charge in [0.2, 0.25) is 0 Å². The summed E-state index contributed by atoms with van der Waals surface area (Å²) in [6, 6.07) is 13.2. The van der Waals surface area contributed by atoms with Gasteiger partial charge < -0.3 is 20.1 Å². The molecule has 6 heteroatoms. The van der Waals surface area contributed by atoms with E-state index in [-0.39, 0.29) is 29.3 Å². The third-order valence-electron chi connectivity index (χ3n) is 4.03. The summed E-state index contributed by atoms with van der Waals surface area (Å²) in [7, 11) is 0. The van der Waals surface area contributed by atoms with Crippen LogP contribution in [0.3, 0.4) is 0 Å². The molecule has 0 fully saturated rings. The number of aromatic nitrogens is 1. The van der Waals surface area contributed by atoms with Crippen LogP contribution in [0, 0.1) is 0 Å². The van der Waals surface area contributed by atoms with Crippen molar-refractivity contribution in [1.29, 1.82) is 0 Å². The molecule has 6 nitrogen and oxygen atoms in total. The van der Waals surface area contributed by atoms with E-state index in [1.807, 2.05) is 26.8 Å². The second-order valence-electron chi connectivity index (χ2n) is 7.33. The minimum absolute atomic E-state index is 0.0379. The predicted molar refractivity (Wildman–Crippen MR) is 103 cm³/mol. The van der Waals surface area contributed by atoms with E-state index in [0.717, 1.165) is 0 Å². The maximum absolute atomic E-state index is 12.6. The Morgan fingerprint density at radius 1 is 1.11 bits per heavy atom. The molecular formula is C21H22N2O4. The van der Waals surface area contributed by atoms with E-state index in [1.54, 1.807) is 30.3 Å². The number of aromatic hydroxyl groups is 1. The number of aromatic amines is 1. The number of Topliss-reactive ketones (excluding diaryl/α,β-unsaturated/α-hetero) is 1. The summed E-state index contributed by atoms with van der Waals surface area (Å²) in [5.41, 5.74) is 0.716. The summed E-state index contributed by atoms with van der Waals surface area (Å²) in [4.78, 5) is 27.9. The molecule has 2 aromatic carbocycles. The van der Waals surface area contributed by atoms with Crippen LogP contribution in [-0.4, -0.2) is 33.9 Å². The molecule has 0 atom stereocenters. The number of benzene rings is 2. The first-order valence-corrected chi connectivity index (χ1v) is 8.65. The molecule has 3 rings (SSSR count). The van der Waals surface area contributed by atoms with Gasteiger partial charge in [0.25, 0.3) is 0 Å². The van der Waals surface area contributed by atoms with Crippen LogP contribution < -0.4 is 10.1 Å². The lowest BCUT2D eigenvalue weighted by Gasteiger charge is -2.20. The fraction of sp³-hybridized carbons (Fsp3) is 0.238. The second kappa shape index (κ2) is 7.25. The molecule has 3 N–H and O–H groups in total. The molecule has 27 heavy (non-hydrogen) atoms. The molecule has 0 saturated carbocycles. The Bertz CT molecular complexity index is 985. The van der Waals surface area contributed by atoms with Crippen LogP contribution in [-0.2, 0) is 0 Å². The van der Waals surface area contributed by atoms with E-state index < -0.39 is 5.97 Å². The number of phenols is 1. The number of rotatable bonds is 5. The average Bonchev–Trinajstić information content (AvgIpc) is 3.07. The SMILES string of the molecule is CC(C)(C)NCC(=O)c1ccc(O)c2[nH]c(C(=O)Oc3ccccc3)cc12. The van der Waals surface area contributed by atoms with Crippen LogP contribution in [0.2, 0.25) is 0 Å². The molecule has 0 unspecified atom stereocenters. The van der Waals surface area contributed by atoms with Crippen molar-refractivity contribution >= 4 is 22.7 Å². The molecule has 1 aromatic heterocycles. The number of ether oxygens (including phenoxy) is 1. The zero-order valence-electron chi connectivity index (χ0n) is 15.5. The number of carbonyl (C=O) groups is 2. The number of hydrogen-bond donors (Lipinski definition) is 3. The van der Waals surface area contributed by atoms with Crippen LogP contribution in [0.1, 0.15) is 41.6 Å². The normalized spacial score (nSPS) is 11.5. The van der Waals surface area contributed by atoms with Crippen molar-refractivity contribution in [1.82, 2.24) is 10.3 Å².